The molecule has 1 amide bonds. The van der Waals surface area contributed by atoms with Crippen molar-refractivity contribution in [3.63, 3.8) is 0 Å². The lowest BCUT2D eigenvalue weighted by atomic mass is 10.2. The third-order valence-electron chi connectivity index (χ3n) is 2.97. The van der Waals surface area contributed by atoms with Crippen molar-refractivity contribution in [3.05, 3.63) is 35.9 Å². The Morgan fingerprint density at radius 3 is 3.05 bits per heavy atom. The number of H-pyrrole nitrogens is 1. The van der Waals surface area contributed by atoms with Gasteiger partial charge < -0.3 is 9.64 Å². The Bertz CT molecular complexity index is 608. The van der Waals surface area contributed by atoms with Gasteiger partial charge in [-0.3, -0.25) is 9.89 Å². The molecule has 0 saturated carbocycles. The Morgan fingerprint density at radius 2 is 2.26 bits per heavy atom. The van der Waals surface area contributed by atoms with Crippen molar-refractivity contribution in [3.8, 4) is 5.75 Å². The maximum atomic E-state index is 12.5. The summed E-state index contributed by atoms with van der Waals surface area (Å²) in [5.74, 6) is 1.33. The summed E-state index contributed by atoms with van der Waals surface area (Å²) >= 11 is 0. The minimum Gasteiger partial charge on any atom is -0.491 e. The highest BCUT2D eigenvalue weighted by Gasteiger charge is 2.25. The molecular formula is C13H14N4O2. The first kappa shape index (κ1) is 11.7. The van der Waals surface area contributed by atoms with E-state index in [2.05, 4.69) is 15.2 Å². The van der Waals surface area contributed by atoms with E-state index in [1.165, 1.54) is 0 Å². The highest BCUT2D eigenvalue weighted by molar-refractivity contribution is 6.04. The largest absolute Gasteiger partial charge is 0.491 e. The average molecular weight is 258 g/mol. The Labute approximate surface area is 110 Å². The van der Waals surface area contributed by atoms with Gasteiger partial charge in [0.25, 0.3) is 5.91 Å². The Morgan fingerprint density at radius 1 is 1.42 bits per heavy atom. The van der Waals surface area contributed by atoms with Gasteiger partial charge in [0.05, 0.1) is 12.3 Å². The Hall–Kier alpha value is -2.37. The monoisotopic (exact) mass is 258 g/mol. The molecule has 6 heteroatoms. The van der Waals surface area contributed by atoms with Crippen molar-refractivity contribution in [2.24, 2.45) is 0 Å². The number of aromatic nitrogens is 3. The fraction of sp³-hybridized carbons (Fsp3) is 0.308. The van der Waals surface area contributed by atoms with Gasteiger partial charge in [0.15, 0.2) is 0 Å². The molecule has 0 unspecified atom stereocenters. The molecule has 0 saturated heterocycles. The number of rotatable bonds is 1. The first-order valence-corrected chi connectivity index (χ1v) is 6.18. The molecule has 0 bridgehead atoms. The van der Waals surface area contributed by atoms with E-state index in [0.29, 0.717) is 19.0 Å². The molecule has 0 fully saturated rings. The summed E-state index contributed by atoms with van der Waals surface area (Å²) < 4.78 is 5.63. The van der Waals surface area contributed by atoms with E-state index in [0.717, 1.165) is 17.9 Å². The number of nitrogens with one attached hydrogen (secondary N) is 1. The zero-order chi connectivity index (χ0) is 13.2. The van der Waals surface area contributed by atoms with Crippen molar-refractivity contribution in [1.29, 1.82) is 0 Å². The second kappa shape index (κ2) is 4.72. The second-order valence-corrected chi connectivity index (χ2v) is 4.37. The Balaban J connectivity index is 1.98. The van der Waals surface area contributed by atoms with Gasteiger partial charge in [-0.05, 0) is 25.5 Å². The lowest BCUT2D eigenvalue weighted by molar-refractivity contribution is 0.0977. The number of aromatic amines is 1. The number of nitrogens with zero attached hydrogens (tertiary/aromatic N) is 3. The minimum atomic E-state index is -0.206. The predicted octanol–water partition coefficient (Wildman–Crippen LogP) is 1.54. The van der Waals surface area contributed by atoms with E-state index in [1.807, 2.05) is 24.3 Å². The smallest absolute Gasteiger partial charge is 0.298 e. The summed E-state index contributed by atoms with van der Waals surface area (Å²) in [6.45, 7) is 2.97. The SMILES string of the molecule is Cc1nc(C(=O)N2CCCOc3ccccc32)n[nH]1. The van der Waals surface area contributed by atoms with Crippen LogP contribution in [0.1, 0.15) is 22.9 Å². The van der Waals surface area contributed by atoms with Crippen molar-refractivity contribution >= 4 is 11.6 Å². The quantitative estimate of drug-likeness (QED) is 0.842. The lowest BCUT2D eigenvalue weighted by Crippen LogP contribution is -2.32. The van der Waals surface area contributed by atoms with Gasteiger partial charge in [-0.15, -0.1) is 5.10 Å². The molecule has 19 heavy (non-hydrogen) atoms. The van der Waals surface area contributed by atoms with Gasteiger partial charge in [0, 0.05) is 6.54 Å². The number of para-hydroxylation sites is 2. The number of hydrogen-bond donors (Lipinski definition) is 1. The topological polar surface area (TPSA) is 71.1 Å². The third kappa shape index (κ3) is 2.16. The molecule has 1 aromatic heterocycles. The van der Waals surface area contributed by atoms with Crippen LogP contribution in [0.4, 0.5) is 5.69 Å². The van der Waals surface area contributed by atoms with E-state index >= 15 is 0 Å². The molecule has 1 N–H and O–H groups in total. The number of hydrogen-bond acceptors (Lipinski definition) is 4. The fourth-order valence-corrected chi connectivity index (χ4v) is 2.10. The van der Waals surface area contributed by atoms with Crippen LogP contribution >= 0.6 is 0 Å². The summed E-state index contributed by atoms with van der Waals surface area (Å²) in [6, 6.07) is 7.52. The zero-order valence-electron chi connectivity index (χ0n) is 10.6. The van der Waals surface area contributed by atoms with Gasteiger partial charge >= 0.3 is 0 Å². The molecule has 0 radical (unpaired) electrons. The molecule has 0 aliphatic carbocycles. The van der Waals surface area contributed by atoms with Crippen LogP contribution in [0.15, 0.2) is 24.3 Å². The molecule has 3 rings (SSSR count). The summed E-state index contributed by atoms with van der Waals surface area (Å²) in [7, 11) is 0. The molecule has 1 aliphatic rings. The number of fused-ring (bicyclic) bond motifs is 1. The number of benzene rings is 1. The average Bonchev–Trinajstić information content (AvgIpc) is 2.74. The third-order valence-corrected chi connectivity index (χ3v) is 2.97. The van der Waals surface area contributed by atoms with E-state index in [4.69, 9.17) is 4.74 Å². The van der Waals surface area contributed by atoms with Crippen molar-refractivity contribution in [1.82, 2.24) is 15.2 Å². The molecule has 98 valence electrons. The van der Waals surface area contributed by atoms with Crippen LogP contribution in [0.3, 0.4) is 0 Å². The van der Waals surface area contributed by atoms with Crippen LogP contribution in [0.5, 0.6) is 5.75 Å². The van der Waals surface area contributed by atoms with Crippen LogP contribution in [0, 0.1) is 6.92 Å². The van der Waals surface area contributed by atoms with Gasteiger partial charge in [0.1, 0.15) is 11.6 Å². The number of aryl methyl sites for hydroxylation is 1. The van der Waals surface area contributed by atoms with E-state index in [-0.39, 0.29) is 11.7 Å². The highest BCUT2D eigenvalue weighted by atomic mass is 16.5. The standard InChI is InChI=1S/C13H14N4O2/c1-9-14-12(16-15-9)13(18)17-7-4-8-19-11-6-3-2-5-10(11)17/h2-3,5-6H,4,7-8H2,1H3,(H,14,15,16). The predicted molar refractivity (Wildman–Crippen MR) is 69.4 cm³/mol. The molecule has 0 atom stereocenters. The molecule has 0 spiro atoms. The summed E-state index contributed by atoms with van der Waals surface area (Å²) in [5, 5.41) is 6.61. The summed E-state index contributed by atoms with van der Waals surface area (Å²) in [4.78, 5) is 18.2. The summed E-state index contributed by atoms with van der Waals surface area (Å²) in [5.41, 5.74) is 0.771. The minimum absolute atomic E-state index is 0.189. The van der Waals surface area contributed by atoms with Crippen LogP contribution in [0.25, 0.3) is 0 Å². The van der Waals surface area contributed by atoms with Gasteiger partial charge in [-0.25, -0.2) is 4.98 Å². The number of carbonyl (C=O) groups excluding carboxylic acids is 1. The molecule has 2 aromatic rings. The zero-order valence-corrected chi connectivity index (χ0v) is 10.6. The summed E-state index contributed by atoms with van der Waals surface area (Å²) in [6.07, 6.45) is 0.782. The first-order valence-electron chi connectivity index (χ1n) is 6.18. The number of amides is 1. The molecule has 2 heterocycles. The van der Waals surface area contributed by atoms with Crippen LogP contribution in [-0.4, -0.2) is 34.2 Å². The van der Waals surface area contributed by atoms with E-state index < -0.39 is 0 Å². The van der Waals surface area contributed by atoms with Gasteiger partial charge in [0.2, 0.25) is 5.82 Å². The number of anilines is 1. The van der Waals surface area contributed by atoms with Crippen molar-refractivity contribution < 1.29 is 9.53 Å². The second-order valence-electron chi connectivity index (χ2n) is 4.37. The van der Waals surface area contributed by atoms with Crippen LogP contribution < -0.4 is 9.64 Å². The van der Waals surface area contributed by atoms with Crippen LogP contribution in [0.2, 0.25) is 0 Å². The van der Waals surface area contributed by atoms with Gasteiger partial charge in [-0.1, -0.05) is 12.1 Å². The van der Waals surface area contributed by atoms with Crippen molar-refractivity contribution in [2.75, 3.05) is 18.1 Å². The highest BCUT2D eigenvalue weighted by Crippen LogP contribution is 2.31. The maximum Gasteiger partial charge on any atom is 0.298 e. The number of carbonyl (C=O) groups is 1. The van der Waals surface area contributed by atoms with Gasteiger partial charge in [-0.2, -0.15) is 0 Å². The molecular weight excluding hydrogens is 244 g/mol. The van der Waals surface area contributed by atoms with Crippen LogP contribution in [-0.2, 0) is 0 Å². The van der Waals surface area contributed by atoms with E-state index in [9.17, 15) is 4.79 Å². The first-order chi connectivity index (χ1) is 9.25. The van der Waals surface area contributed by atoms with E-state index in [1.54, 1.807) is 11.8 Å². The molecule has 6 nitrogen and oxygen atoms in total. The lowest BCUT2D eigenvalue weighted by Gasteiger charge is -2.19. The fourth-order valence-electron chi connectivity index (χ4n) is 2.10. The maximum absolute atomic E-state index is 12.5. The van der Waals surface area contributed by atoms with Crippen molar-refractivity contribution in [2.45, 2.75) is 13.3 Å². The molecule has 1 aromatic carbocycles. The number of ether oxygens (including phenoxy) is 1. The Kier molecular flexibility index (Phi) is 2.91. The molecule has 1 aliphatic heterocycles. The normalized spacial score (nSPS) is 14.5.